The smallest absolute Gasteiger partial charge is 0.408 e. The summed E-state index contributed by atoms with van der Waals surface area (Å²) in [5.41, 5.74) is 3.65. The first-order valence-corrected chi connectivity index (χ1v) is 19.4. The first-order valence-electron chi connectivity index (χ1n) is 19.4. The van der Waals surface area contributed by atoms with Gasteiger partial charge in [-0.15, -0.1) is 0 Å². The molecule has 0 saturated carbocycles. The van der Waals surface area contributed by atoms with Crippen LogP contribution in [0, 0.1) is 0 Å². The highest BCUT2D eigenvalue weighted by atomic mass is 16.6. The zero-order valence-electron chi connectivity index (χ0n) is 34.7. The van der Waals surface area contributed by atoms with Crippen LogP contribution in [0.1, 0.15) is 91.8 Å². The number of anilines is 1. The molecule has 2 atom stereocenters. The number of nitrogens with one attached hydrogen (secondary N) is 4. The molecule has 308 valence electrons. The van der Waals surface area contributed by atoms with Gasteiger partial charge in [0, 0.05) is 30.7 Å². The average molecular weight is 786 g/mol. The van der Waals surface area contributed by atoms with Gasteiger partial charge < -0.3 is 40.4 Å². The monoisotopic (exact) mass is 785 g/mol. The standard InChI is InChI=1S/C44H59N5O8/c1-29(55-38(51)27-46-41(54)57-43(5,6)7)25-47-44(8,9)24-37(50)48-35-23-22-32-14-11-13-17-36(32)49(39(35)52)28-30-18-20-31(21-19-30)34-16-12-10-15-33(34)26-45-40(53)56-42(2,3)4/h10-21,29,35,47H,22-28H2,1-9H3,(H,45,53)(H,46,54)(H,48,50)/t29-,35-/m1/s1. The Morgan fingerprint density at radius 2 is 1.42 bits per heavy atom. The molecule has 0 fully saturated rings. The molecule has 57 heavy (non-hydrogen) atoms. The number of hydrogen-bond donors (Lipinski definition) is 4. The normalized spacial score (nSPS) is 15.1. The number of para-hydroxylation sites is 1. The van der Waals surface area contributed by atoms with Crippen molar-refractivity contribution in [1.29, 1.82) is 0 Å². The Balaban J connectivity index is 1.36. The van der Waals surface area contributed by atoms with Gasteiger partial charge >= 0.3 is 18.2 Å². The molecule has 13 nitrogen and oxygen atoms in total. The van der Waals surface area contributed by atoms with E-state index in [1.54, 1.807) is 32.6 Å². The molecular formula is C44H59N5O8. The average Bonchev–Trinajstić information content (AvgIpc) is 3.23. The number of fused-ring (bicyclic) bond motifs is 1. The van der Waals surface area contributed by atoms with Crippen molar-refractivity contribution in [2.24, 2.45) is 0 Å². The van der Waals surface area contributed by atoms with Crippen molar-refractivity contribution in [3.05, 3.63) is 89.5 Å². The molecule has 4 amide bonds. The van der Waals surface area contributed by atoms with Crippen LogP contribution in [0.2, 0.25) is 0 Å². The van der Waals surface area contributed by atoms with Crippen molar-refractivity contribution in [2.75, 3.05) is 18.0 Å². The Kier molecular flexibility index (Phi) is 14.9. The van der Waals surface area contributed by atoms with Crippen LogP contribution in [-0.2, 0) is 48.1 Å². The van der Waals surface area contributed by atoms with Crippen LogP contribution in [0.5, 0.6) is 0 Å². The van der Waals surface area contributed by atoms with Crippen LogP contribution in [0.4, 0.5) is 15.3 Å². The number of amides is 4. The quantitative estimate of drug-likeness (QED) is 0.105. The minimum absolute atomic E-state index is 0.0703. The minimum Gasteiger partial charge on any atom is -0.460 e. The van der Waals surface area contributed by atoms with Gasteiger partial charge in [0.2, 0.25) is 11.8 Å². The predicted octanol–water partition coefficient (Wildman–Crippen LogP) is 6.56. The Bertz CT molecular complexity index is 1880. The number of benzene rings is 3. The molecule has 4 N–H and O–H groups in total. The summed E-state index contributed by atoms with van der Waals surface area (Å²) in [6, 6.07) is 22.9. The largest absolute Gasteiger partial charge is 0.460 e. The van der Waals surface area contributed by atoms with Crippen LogP contribution in [-0.4, -0.2) is 71.9 Å². The number of carbonyl (C=O) groups excluding carboxylic acids is 5. The van der Waals surface area contributed by atoms with Gasteiger partial charge in [-0.05, 0) is 109 Å². The molecule has 4 rings (SSSR count). The first-order chi connectivity index (χ1) is 26.7. The fraction of sp³-hybridized carbons (Fsp3) is 0.477. The predicted molar refractivity (Wildman–Crippen MR) is 219 cm³/mol. The van der Waals surface area contributed by atoms with Crippen molar-refractivity contribution in [1.82, 2.24) is 21.3 Å². The zero-order valence-corrected chi connectivity index (χ0v) is 34.7. The molecule has 13 heteroatoms. The summed E-state index contributed by atoms with van der Waals surface area (Å²) in [5.74, 6) is -1.09. The number of aryl methyl sites for hydroxylation is 1. The molecule has 1 aliphatic heterocycles. The zero-order chi connectivity index (χ0) is 42.0. The SMILES string of the molecule is C[C@H](CNC(C)(C)CC(=O)N[C@@H]1CCc2ccccc2N(Cc2ccc(-c3ccccc3CNC(=O)OC(C)(C)C)cc2)C1=O)OC(=O)CNC(=O)OC(C)(C)C. The number of carbonyl (C=O) groups is 5. The van der Waals surface area contributed by atoms with E-state index in [1.807, 2.05) is 107 Å². The summed E-state index contributed by atoms with van der Waals surface area (Å²) >= 11 is 0. The van der Waals surface area contributed by atoms with Gasteiger partial charge in [-0.25, -0.2) is 9.59 Å². The van der Waals surface area contributed by atoms with E-state index in [1.165, 1.54) is 0 Å². The fourth-order valence-corrected chi connectivity index (χ4v) is 6.32. The molecule has 0 bridgehead atoms. The first kappa shape index (κ1) is 44.3. The van der Waals surface area contributed by atoms with Gasteiger partial charge in [0.05, 0.1) is 6.54 Å². The summed E-state index contributed by atoms with van der Waals surface area (Å²) in [6.45, 7) is 16.6. The third kappa shape index (κ3) is 14.5. The Hall–Kier alpha value is -5.43. The Morgan fingerprint density at radius 1 is 0.807 bits per heavy atom. The number of rotatable bonds is 14. The summed E-state index contributed by atoms with van der Waals surface area (Å²) < 4.78 is 15.9. The van der Waals surface area contributed by atoms with Crippen LogP contribution < -0.4 is 26.2 Å². The van der Waals surface area contributed by atoms with E-state index in [0.717, 1.165) is 33.5 Å². The molecule has 0 unspecified atom stereocenters. The van der Waals surface area contributed by atoms with Gasteiger partial charge in [-0.1, -0.05) is 66.7 Å². The van der Waals surface area contributed by atoms with Crippen molar-refractivity contribution >= 4 is 35.7 Å². The second-order valence-electron chi connectivity index (χ2n) is 17.0. The third-order valence-electron chi connectivity index (χ3n) is 8.91. The van der Waals surface area contributed by atoms with Gasteiger partial charge in [-0.2, -0.15) is 0 Å². The van der Waals surface area contributed by atoms with Crippen LogP contribution in [0.3, 0.4) is 0 Å². The van der Waals surface area contributed by atoms with Gasteiger partial charge in [0.1, 0.15) is 29.9 Å². The molecule has 0 aromatic heterocycles. The van der Waals surface area contributed by atoms with Crippen LogP contribution >= 0.6 is 0 Å². The summed E-state index contributed by atoms with van der Waals surface area (Å²) in [4.78, 5) is 65.8. The van der Waals surface area contributed by atoms with Crippen LogP contribution in [0.15, 0.2) is 72.8 Å². The van der Waals surface area contributed by atoms with E-state index < -0.39 is 47.0 Å². The summed E-state index contributed by atoms with van der Waals surface area (Å²) in [5, 5.41) is 11.5. The summed E-state index contributed by atoms with van der Waals surface area (Å²) in [6.07, 6.45) is -0.603. The van der Waals surface area contributed by atoms with Gasteiger partial charge in [0.15, 0.2) is 0 Å². The number of ether oxygens (including phenoxy) is 3. The van der Waals surface area contributed by atoms with Crippen molar-refractivity contribution in [3.63, 3.8) is 0 Å². The van der Waals surface area contributed by atoms with Crippen molar-refractivity contribution in [3.8, 4) is 11.1 Å². The highest BCUT2D eigenvalue weighted by Crippen LogP contribution is 2.30. The molecule has 0 aliphatic carbocycles. The number of nitrogens with zero attached hydrogens (tertiary/aromatic N) is 1. The van der Waals surface area contributed by atoms with Crippen molar-refractivity contribution in [2.45, 2.75) is 124 Å². The van der Waals surface area contributed by atoms with E-state index in [9.17, 15) is 24.0 Å². The maximum Gasteiger partial charge on any atom is 0.408 e. The topological polar surface area (TPSA) is 164 Å². The van der Waals surface area contributed by atoms with Crippen LogP contribution in [0.25, 0.3) is 11.1 Å². The fourth-order valence-electron chi connectivity index (χ4n) is 6.32. The molecule has 1 heterocycles. The molecule has 3 aromatic rings. The van der Waals surface area contributed by atoms with Gasteiger partial charge in [0.25, 0.3) is 0 Å². The highest BCUT2D eigenvalue weighted by Gasteiger charge is 2.33. The second-order valence-corrected chi connectivity index (χ2v) is 17.0. The van der Waals surface area contributed by atoms with E-state index in [2.05, 4.69) is 21.3 Å². The lowest BCUT2D eigenvalue weighted by Gasteiger charge is -2.29. The molecule has 0 saturated heterocycles. The van der Waals surface area contributed by atoms with Crippen molar-refractivity contribution < 1.29 is 38.2 Å². The number of esters is 1. The lowest BCUT2D eigenvalue weighted by molar-refractivity contribution is -0.147. The van der Waals surface area contributed by atoms with E-state index in [0.29, 0.717) is 25.9 Å². The summed E-state index contributed by atoms with van der Waals surface area (Å²) in [7, 11) is 0. The highest BCUT2D eigenvalue weighted by molar-refractivity contribution is 6.00. The minimum atomic E-state index is -0.735. The lowest BCUT2D eigenvalue weighted by atomic mass is 9.98. The lowest BCUT2D eigenvalue weighted by Crippen LogP contribution is -2.51. The molecule has 3 aromatic carbocycles. The second kappa shape index (κ2) is 19.1. The maximum atomic E-state index is 14.2. The third-order valence-corrected chi connectivity index (χ3v) is 8.91. The molecule has 0 spiro atoms. The van der Waals surface area contributed by atoms with E-state index >= 15 is 0 Å². The molecular weight excluding hydrogens is 727 g/mol. The Morgan fingerprint density at radius 3 is 2.09 bits per heavy atom. The Labute approximate surface area is 336 Å². The van der Waals surface area contributed by atoms with E-state index in [4.69, 9.17) is 14.2 Å². The van der Waals surface area contributed by atoms with E-state index in [-0.39, 0.29) is 31.3 Å². The molecule has 0 radical (unpaired) electrons. The van der Waals surface area contributed by atoms with Gasteiger partial charge in [-0.3, -0.25) is 14.4 Å². The molecule has 1 aliphatic rings. The number of hydrogen-bond acceptors (Lipinski definition) is 9. The number of alkyl carbamates (subject to hydrolysis) is 2. The maximum absolute atomic E-state index is 14.2.